The van der Waals surface area contributed by atoms with Crippen molar-refractivity contribution in [3.63, 3.8) is 0 Å². The first-order valence-electron chi connectivity index (χ1n) is 7.30. The molecule has 0 aromatic heterocycles. The summed E-state index contributed by atoms with van der Waals surface area (Å²) in [5.41, 5.74) is 5.79. The van der Waals surface area contributed by atoms with Crippen LogP contribution in [0.2, 0.25) is 0 Å². The van der Waals surface area contributed by atoms with Crippen LogP contribution in [0.4, 0.5) is 0 Å². The number of ether oxygens (including phenoxy) is 1. The van der Waals surface area contributed by atoms with Gasteiger partial charge < -0.3 is 15.4 Å². The van der Waals surface area contributed by atoms with Crippen molar-refractivity contribution in [3.8, 4) is 0 Å². The minimum absolute atomic E-state index is 0. The highest BCUT2D eigenvalue weighted by Gasteiger charge is 2.26. The lowest BCUT2D eigenvalue weighted by Crippen LogP contribution is -2.52. The van der Waals surface area contributed by atoms with E-state index in [9.17, 15) is 4.79 Å². The summed E-state index contributed by atoms with van der Waals surface area (Å²) in [5.74, 6) is 0.101. The average molecular weight is 344 g/mol. The van der Waals surface area contributed by atoms with Crippen LogP contribution in [-0.2, 0) is 9.53 Å². The van der Waals surface area contributed by atoms with Crippen LogP contribution in [0.1, 0.15) is 27.7 Å². The first-order chi connectivity index (χ1) is 8.91. The van der Waals surface area contributed by atoms with E-state index in [1.807, 2.05) is 32.6 Å². The van der Waals surface area contributed by atoms with Crippen LogP contribution in [-0.4, -0.2) is 67.2 Å². The smallest absolute Gasteiger partial charge is 0.227 e. The minimum Gasteiger partial charge on any atom is -0.377 e. The maximum atomic E-state index is 12.2. The van der Waals surface area contributed by atoms with Crippen LogP contribution in [0.25, 0.3) is 0 Å². The lowest BCUT2D eigenvalue weighted by molar-refractivity contribution is -0.137. The topological polar surface area (TPSA) is 58.8 Å². The summed E-state index contributed by atoms with van der Waals surface area (Å²) in [6.07, 6.45) is 0.287. The molecule has 128 valence electrons. The Balaban J connectivity index is 0. The van der Waals surface area contributed by atoms with Crippen molar-refractivity contribution in [2.45, 2.75) is 39.8 Å². The van der Waals surface area contributed by atoms with E-state index in [0.29, 0.717) is 0 Å². The molecule has 2 atom stereocenters. The first kappa shape index (κ1) is 23.2. The SMILES string of the molecule is CC(C)OCCN1CCN(C(=O)C(C)C(C)N)CC1.Cl.Cl. The number of hydrogen-bond donors (Lipinski definition) is 1. The Morgan fingerprint density at radius 3 is 2.05 bits per heavy atom. The van der Waals surface area contributed by atoms with Crippen molar-refractivity contribution in [1.29, 1.82) is 0 Å². The zero-order valence-electron chi connectivity index (χ0n) is 13.6. The summed E-state index contributed by atoms with van der Waals surface area (Å²) in [4.78, 5) is 16.4. The third-order valence-electron chi connectivity index (χ3n) is 3.72. The largest absolute Gasteiger partial charge is 0.377 e. The number of nitrogens with two attached hydrogens (primary N) is 1. The molecule has 0 radical (unpaired) electrons. The monoisotopic (exact) mass is 343 g/mol. The van der Waals surface area contributed by atoms with E-state index in [1.165, 1.54) is 0 Å². The number of hydrogen-bond acceptors (Lipinski definition) is 4. The Labute approximate surface area is 141 Å². The molecule has 1 fully saturated rings. The number of carbonyl (C=O) groups is 1. The number of piperazine rings is 1. The van der Waals surface area contributed by atoms with Gasteiger partial charge >= 0.3 is 0 Å². The molecular weight excluding hydrogens is 313 g/mol. The third-order valence-corrected chi connectivity index (χ3v) is 3.72. The van der Waals surface area contributed by atoms with E-state index in [1.54, 1.807) is 0 Å². The van der Waals surface area contributed by atoms with Gasteiger partial charge in [0.15, 0.2) is 0 Å². The van der Waals surface area contributed by atoms with E-state index in [0.717, 1.165) is 39.3 Å². The lowest BCUT2D eigenvalue weighted by atomic mass is 10.0. The van der Waals surface area contributed by atoms with E-state index in [2.05, 4.69) is 4.90 Å². The second-order valence-electron chi connectivity index (χ2n) is 5.73. The second-order valence-corrected chi connectivity index (χ2v) is 5.73. The van der Waals surface area contributed by atoms with Crippen LogP contribution in [0.15, 0.2) is 0 Å². The average Bonchev–Trinajstić information content (AvgIpc) is 2.37. The Morgan fingerprint density at radius 1 is 1.10 bits per heavy atom. The molecule has 1 heterocycles. The molecule has 0 aromatic carbocycles. The van der Waals surface area contributed by atoms with E-state index >= 15 is 0 Å². The zero-order chi connectivity index (χ0) is 14.4. The van der Waals surface area contributed by atoms with E-state index < -0.39 is 0 Å². The van der Waals surface area contributed by atoms with E-state index in [4.69, 9.17) is 10.5 Å². The van der Waals surface area contributed by atoms with Crippen molar-refractivity contribution in [2.75, 3.05) is 39.3 Å². The highest BCUT2D eigenvalue weighted by Crippen LogP contribution is 2.09. The van der Waals surface area contributed by atoms with Crippen LogP contribution >= 0.6 is 24.8 Å². The standard InChI is InChI=1S/C14H29N3O2.2ClH/c1-11(2)19-10-9-16-5-7-17(8-6-16)14(18)12(3)13(4)15;;/h11-13H,5-10,15H2,1-4H3;2*1H. The fraction of sp³-hybridized carbons (Fsp3) is 0.929. The van der Waals surface area contributed by atoms with E-state index in [-0.39, 0.29) is 48.8 Å². The lowest BCUT2D eigenvalue weighted by Gasteiger charge is -2.36. The van der Waals surface area contributed by atoms with Crippen LogP contribution in [0, 0.1) is 5.92 Å². The molecule has 0 spiro atoms. The van der Waals surface area contributed by atoms with Gasteiger partial charge in [-0.25, -0.2) is 0 Å². The molecule has 0 aliphatic carbocycles. The quantitative estimate of drug-likeness (QED) is 0.791. The molecule has 1 aliphatic rings. The summed E-state index contributed by atoms with van der Waals surface area (Å²) in [5, 5.41) is 0. The van der Waals surface area contributed by atoms with Crippen molar-refractivity contribution in [2.24, 2.45) is 11.7 Å². The summed E-state index contributed by atoms with van der Waals surface area (Å²) in [6.45, 7) is 13.1. The molecule has 2 unspecified atom stereocenters. The molecule has 0 bridgehead atoms. The zero-order valence-corrected chi connectivity index (χ0v) is 15.2. The van der Waals surface area contributed by atoms with Gasteiger partial charge in [-0.05, 0) is 20.8 Å². The third kappa shape index (κ3) is 8.21. The first-order valence-corrected chi connectivity index (χ1v) is 7.30. The Morgan fingerprint density at radius 2 is 1.62 bits per heavy atom. The Hall–Kier alpha value is -0.0700. The molecule has 1 amide bonds. The van der Waals surface area contributed by atoms with Gasteiger partial charge in [-0.15, -0.1) is 24.8 Å². The molecule has 1 aliphatic heterocycles. The number of rotatable bonds is 6. The van der Waals surface area contributed by atoms with Gasteiger partial charge in [0.05, 0.1) is 18.6 Å². The number of carbonyl (C=O) groups excluding carboxylic acids is 1. The Bertz CT molecular complexity index is 283. The summed E-state index contributed by atoms with van der Waals surface area (Å²) in [6, 6.07) is -0.0787. The predicted octanol–water partition coefficient (Wildman–Crippen LogP) is 1.38. The van der Waals surface area contributed by atoms with Crippen molar-refractivity contribution in [1.82, 2.24) is 9.80 Å². The second kappa shape index (κ2) is 11.5. The van der Waals surface area contributed by atoms with Gasteiger partial charge in [-0.3, -0.25) is 9.69 Å². The van der Waals surface area contributed by atoms with Gasteiger partial charge in [-0.2, -0.15) is 0 Å². The summed E-state index contributed by atoms with van der Waals surface area (Å²) < 4.78 is 5.55. The summed E-state index contributed by atoms with van der Waals surface area (Å²) in [7, 11) is 0. The van der Waals surface area contributed by atoms with Gasteiger partial charge in [0.2, 0.25) is 5.91 Å². The minimum atomic E-state index is -0.0872. The molecule has 5 nitrogen and oxygen atoms in total. The van der Waals surface area contributed by atoms with Crippen LogP contribution in [0.3, 0.4) is 0 Å². The highest BCUT2D eigenvalue weighted by atomic mass is 35.5. The number of halogens is 2. The molecule has 1 rings (SSSR count). The summed E-state index contributed by atoms with van der Waals surface area (Å²) >= 11 is 0. The molecule has 7 heteroatoms. The molecular formula is C14H31Cl2N3O2. The molecule has 0 saturated carbocycles. The van der Waals surface area contributed by atoms with Crippen LogP contribution in [0.5, 0.6) is 0 Å². The van der Waals surface area contributed by atoms with Crippen molar-refractivity contribution < 1.29 is 9.53 Å². The fourth-order valence-corrected chi connectivity index (χ4v) is 2.12. The van der Waals surface area contributed by atoms with Gasteiger partial charge in [0, 0.05) is 38.8 Å². The number of amides is 1. The number of nitrogens with zero attached hydrogens (tertiary/aromatic N) is 2. The highest BCUT2D eigenvalue weighted by molar-refractivity contribution is 5.85. The predicted molar refractivity (Wildman–Crippen MR) is 91.4 cm³/mol. The molecule has 2 N–H and O–H groups in total. The van der Waals surface area contributed by atoms with Gasteiger partial charge in [0.1, 0.15) is 0 Å². The molecule has 0 aromatic rings. The normalized spacial score (nSPS) is 18.7. The van der Waals surface area contributed by atoms with Crippen LogP contribution < -0.4 is 5.73 Å². The van der Waals surface area contributed by atoms with Crippen molar-refractivity contribution in [3.05, 3.63) is 0 Å². The maximum Gasteiger partial charge on any atom is 0.227 e. The maximum absolute atomic E-state index is 12.2. The van der Waals surface area contributed by atoms with Gasteiger partial charge in [-0.1, -0.05) is 6.92 Å². The van der Waals surface area contributed by atoms with Gasteiger partial charge in [0.25, 0.3) is 0 Å². The molecule has 1 saturated heterocycles. The Kier molecular flexibility index (Phi) is 12.7. The fourth-order valence-electron chi connectivity index (χ4n) is 2.12. The molecule has 21 heavy (non-hydrogen) atoms. The van der Waals surface area contributed by atoms with Crippen molar-refractivity contribution >= 4 is 30.7 Å².